The summed E-state index contributed by atoms with van der Waals surface area (Å²) >= 11 is 0. The molecule has 0 amide bonds. The fourth-order valence-electron chi connectivity index (χ4n) is 3.46. The maximum absolute atomic E-state index is 3.78. The number of allylic oxidation sites excluding steroid dienone is 1. The molecule has 0 radical (unpaired) electrons. The molecule has 2 aromatic carbocycles. The van der Waals surface area contributed by atoms with Gasteiger partial charge in [-0.25, -0.2) is 0 Å². The quantitative estimate of drug-likeness (QED) is 0.658. The predicted molar refractivity (Wildman–Crippen MR) is 97.5 cm³/mol. The van der Waals surface area contributed by atoms with E-state index in [2.05, 4.69) is 67.7 Å². The van der Waals surface area contributed by atoms with Gasteiger partial charge in [0.25, 0.3) is 0 Å². The second-order valence-electron chi connectivity index (χ2n) is 6.59. The van der Waals surface area contributed by atoms with E-state index >= 15 is 0 Å². The Morgan fingerprint density at radius 1 is 1.05 bits per heavy atom. The van der Waals surface area contributed by atoms with E-state index in [1.807, 2.05) is 0 Å². The number of hydrogen-bond acceptors (Lipinski definition) is 1. The van der Waals surface area contributed by atoms with Gasteiger partial charge in [-0.1, -0.05) is 68.3 Å². The van der Waals surface area contributed by atoms with Crippen molar-refractivity contribution in [2.45, 2.75) is 52.0 Å². The first-order valence-electron chi connectivity index (χ1n) is 8.71. The van der Waals surface area contributed by atoms with Gasteiger partial charge in [0, 0.05) is 17.1 Å². The van der Waals surface area contributed by atoms with Crippen molar-refractivity contribution < 1.29 is 0 Å². The van der Waals surface area contributed by atoms with Crippen LogP contribution in [0, 0.1) is 12.8 Å². The molecule has 1 N–H and O–H groups in total. The molecular weight excluding hydrogens is 266 g/mol. The molecule has 2 unspecified atom stereocenters. The van der Waals surface area contributed by atoms with Crippen molar-refractivity contribution in [2.24, 2.45) is 5.92 Å². The van der Waals surface area contributed by atoms with E-state index in [1.54, 1.807) is 0 Å². The van der Waals surface area contributed by atoms with E-state index < -0.39 is 0 Å². The highest BCUT2D eigenvalue weighted by atomic mass is 14.9. The molecule has 0 aromatic heterocycles. The zero-order valence-electron chi connectivity index (χ0n) is 13.8. The smallest absolute Gasteiger partial charge is 0.0454 e. The van der Waals surface area contributed by atoms with Gasteiger partial charge >= 0.3 is 0 Å². The number of fused-ring (bicyclic) bond motifs is 1. The Kier molecular flexibility index (Phi) is 4.82. The lowest BCUT2D eigenvalue weighted by Gasteiger charge is -2.26. The third-order valence-electron chi connectivity index (χ3n) is 4.86. The summed E-state index contributed by atoms with van der Waals surface area (Å²) in [4.78, 5) is 0. The van der Waals surface area contributed by atoms with Crippen molar-refractivity contribution in [2.75, 3.05) is 5.32 Å². The lowest BCUT2D eigenvalue weighted by atomic mass is 9.89. The van der Waals surface area contributed by atoms with E-state index in [0.717, 1.165) is 5.92 Å². The van der Waals surface area contributed by atoms with Crippen molar-refractivity contribution in [1.82, 2.24) is 0 Å². The lowest BCUT2D eigenvalue weighted by Crippen LogP contribution is -2.22. The first-order valence-corrected chi connectivity index (χ1v) is 8.71. The minimum Gasteiger partial charge on any atom is -0.378 e. The molecule has 0 bridgehead atoms. The number of nitrogens with one attached hydrogen (secondary N) is 1. The molecule has 1 heteroatoms. The number of aryl methyl sites for hydroxylation is 1. The number of benzene rings is 2. The van der Waals surface area contributed by atoms with Crippen molar-refractivity contribution in [3.63, 3.8) is 0 Å². The molecule has 0 aliphatic heterocycles. The number of rotatable bonds is 5. The summed E-state index contributed by atoms with van der Waals surface area (Å²) < 4.78 is 0. The van der Waals surface area contributed by atoms with Crippen molar-refractivity contribution in [3.05, 3.63) is 54.1 Å². The van der Waals surface area contributed by atoms with E-state index in [9.17, 15) is 0 Å². The summed E-state index contributed by atoms with van der Waals surface area (Å²) in [5.41, 5.74) is 2.64. The molecule has 1 nitrogen and oxygen atoms in total. The van der Waals surface area contributed by atoms with Crippen molar-refractivity contribution >= 4 is 16.5 Å². The summed E-state index contributed by atoms with van der Waals surface area (Å²) in [5, 5.41) is 6.43. The lowest BCUT2D eigenvalue weighted by molar-refractivity contribution is 0.473. The zero-order valence-corrected chi connectivity index (χ0v) is 13.8. The Bertz CT molecular complexity index is 656. The molecule has 0 heterocycles. The molecule has 1 aliphatic rings. The third kappa shape index (κ3) is 3.35. The fraction of sp³-hybridized carbons (Fsp3) is 0.429. The zero-order chi connectivity index (χ0) is 15.4. The molecular formula is C21H27N. The second kappa shape index (κ2) is 7.00. The minimum absolute atomic E-state index is 0.474. The van der Waals surface area contributed by atoms with Crippen LogP contribution in [0.25, 0.3) is 10.8 Å². The Hall–Kier alpha value is -1.76. The molecule has 2 atom stereocenters. The average molecular weight is 293 g/mol. The second-order valence-corrected chi connectivity index (χ2v) is 6.59. The Morgan fingerprint density at radius 2 is 1.91 bits per heavy atom. The summed E-state index contributed by atoms with van der Waals surface area (Å²) in [6.07, 6.45) is 11.4. The van der Waals surface area contributed by atoms with Crippen LogP contribution in [0.4, 0.5) is 5.69 Å². The van der Waals surface area contributed by atoms with E-state index in [-0.39, 0.29) is 0 Å². The van der Waals surface area contributed by atoms with Crippen LogP contribution in [0.1, 0.15) is 44.6 Å². The first kappa shape index (κ1) is 15.1. The molecule has 0 saturated heterocycles. The van der Waals surface area contributed by atoms with Gasteiger partial charge in [-0.2, -0.15) is 0 Å². The fourth-order valence-corrected chi connectivity index (χ4v) is 3.46. The Balaban J connectivity index is 1.76. The normalized spacial score (nSPS) is 21.2. The van der Waals surface area contributed by atoms with Crippen molar-refractivity contribution in [3.8, 4) is 0 Å². The van der Waals surface area contributed by atoms with E-state index in [4.69, 9.17) is 0 Å². The highest BCUT2D eigenvalue weighted by Gasteiger charge is 2.16. The first-order chi connectivity index (χ1) is 10.8. The molecule has 1 aliphatic carbocycles. The molecule has 116 valence electrons. The summed E-state index contributed by atoms with van der Waals surface area (Å²) in [5.74, 6) is 0.798. The van der Waals surface area contributed by atoms with Crippen LogP contribution in [-0.4, -0.2) is 6.04 Å². The van der Waals surface area contributed by atoms with Crippen LogP contribution in [0.15, 0.2) is 48.6 Å². The van der Waals surface area contributed by atoms with Gasteiger partial charge in [0.2, 0.25) is 0 Å². The van der Waals surface area contributed by atoms with Gasteiger partial charge in [-0.05, 0) is 43.1 Å². The van der Waals surface area contributed by atoms with Crippen LogP contribution < -0.4 is 5.32 Å². The molecule has 0 saturated carbocycles. The van der Waals surface area contributed by atoms with Crippen LogP contribution in [0.2, 0.25) is 0 Å². The molecule has 3 rings (SSSR count). The summed E-state index contributed by atoms with van der Waals surface area (Å²) in [7, 11) is 0. The monoisotopic (exact) mass is 293 g/mol. The van der Waals surface area contributed by atoms with Gasteiger partial charge in [-0.3, -0.25) is 0 Å². The minimum atomic E-state index is 0.474. The highest BCUT2D eigenvalue weighted by molar-refractivity contribution is 5.95. The molecule has 22 heavy (non-hydrogen) atoms. The maximum Gasteiger partial charge on any atom is 0.0454 e. The number of hydrogen-bond donors (Lipinski definition) is 1. The SMILES string of the molecule is CCCCC1C=CC(Nc2c(C)ccc3ccccc23)CC1. The predicted octanol–water partition coefficient (Wildman–Crippen LogP) is 6.09. The standard InChI is InChI=1S/C21H27N/c1-3-4-7-17-11-14-19(15-12-17)22-21-16(2)10-13-18-8-5-6-9-20(18)21/h5-6,8-11,13-14,17,19,22H,3-4,7,12,15H2,1-2H3. The van der Waals surface area contributed by atoms with Crippen LogP contribution in [-0.2, 0) is 0 Å². The summed E-state index contributed by atoms with van der Waals surface area (Å²) in [6, 6.07) is 13.6. The maximum atomic E-state index is 3.78. The van der Waals surface area contributed by atoms with Crippen LogP contribution in [0.3, 0.4) is 0 Å². The number of anilines is 1. The van der Waals surface area contributed by atoms with E-state index in [0.29, 0.717) is 6.04 Å². The van der Waals surface area contributed by atoms with Gasteiger partial charge < -0.3 is 5.32 Å². The Morgan fingerprint density at radius 3 is 2.68 bits per heavy atom. The molecule has 0 fully saturated rings. The largest absolute Gasteiger partial charge is 0.378 e. The van der Waals surface area contributed by atoms with E-state index in [1.165, 1.54) is 54.1 Å². The summed E-state index contributed by atoms with van der Waals surface area (Å²) in [6.45, 7) is 4.48. The van der Waals surface area contributed by atoms with Gasteiger partial charge in [0.15, 0.2) is 0 Å². The van der Waals surface area contributed by atoms with Crippen LogP contribution in [0.5, 0.6) is 0 Å². The highest BCUT2D eigenvalue weighted by Crippen LogP contribution is 2.30. The Labute approximate surface area is 134 Å². The van der Waals surface area contributed by atoms with Gasteiger partial charge in [-0.15, -0.1) is 0 Å². The van der Waals surface area contributed by atoms with Gasteiger partial charge in [0.1, 0.15) is 0 Å². The molecule has 2 aromatic rings. The van der Waals surface area contributed by atoms with Gasteiger partial charge in [0.05, 0.1) is 0 Å². The molecule has 0 spiro atoms. The van der Waals surface area contributed by atoms with Crippen molar-refractivity contribution in [1.29, 1.82) is 0 Å². The third-order valence-corrected chi connectivity index (χ3v) is 4.86. The average Bonchev–Trinajstić information content (AvgIpc) is 2.57. The number of unbranched alkanes of at least 4 members (excludes halogenated alkanes) is 1. The van der Waals surface area contributed by atoms with Crippen LogP contribution >= 0.6 is 0 Å². The topological polar surface area (TPSA) is 12.0 Å².